The van der Waals surface area contributed by atoms with Crippen LogP contribution in [0.25, 0.3) is 0 Å². The Kier molecular flexibility index (Phi) is 36.6. The lowest BCUT2D eigenvalue weighted by atomic mass is 10.0. The van der Waals surface area contributed by atoms with Crippen LogP contribution in [-0.2, 0) is 18.3 Å². The molecule has 0 aliphatic rings. The first-order valence-electron chi connectivity index (χ1n) is 19.5. The third kappa shape index (κ3) is 31.8. The number of hydrogen-bond acceptors (Lipinski definition) is 4. The fourth-order valence-corrected chi connectivity index (χ4v) is 9.65. The van der Waals surface area contributed by atoms with Gasteiger partial charge in [0.05, 0.1) is 26.4 Å². The van der Waals surface area contributed by atoms with Gasteiger partial charge in [0.2, 0.25) is 0 Å². The first-order chi connectivity index (χ1) is 21.2. The maximum Gasteiger partial charge on any atom is 0.338 e. The summed E-state index contributed by atoms with van der Waals surface area (Å²) in [6.07, 6.45) is 39.1. The van der Waals surface area contributed by atoms with Crippen molar-refractivity contribution >= 4 is 8.56 Å². The van der Waals surface area contributed by atoms with Crippen molar-refractivity contribution in [1.29, 1.82) is 0 Å². The molecular formula is C38H80O4Si. The summed E-state index contributed by atoms with van der Waals surface area (Å²) in [6.45, 7) is 7.22. The fourth-order valence-electron chi connectivity index (χ4n) is 6.26. The Labute approximate surface area is 272 Å². The molecule has 0 atom stereocenters. The smallest absolute Gasteiger partial charge is 0.338 e. The molecule has 0 rings (SSSR count). The first kappa shape index (κ1) is 43.1. The lowest BCUT2D eigenvalue weighted by Crippen LogP contribution is -2.43. The third-order valence-corrected chi connectivity index (χ3v) is 12.8. The molecule has 4 nitrogen and oxygen atoms in total. The second-order valence-corrected chi connectivity index (χ2v) is 16.7. The van der Waals surface area contributed by atoms with Crippen molar-refractivity contribution in [2.24, 2.45) is 0 Å². The topological polar surface area (TPSA) is 36.9 Å². The average Bonchev–Trinajstić information content (AvgIpc) is 3.01. The van der Waals surface area contributed by atoms with Crippen LogP contribution in [0.15, 0.2) is 0 Å². The zero-order valence-electron chi connectivity index (χ0n) is 30.2. The molecule has 0 aliphatic carbocycles. The largest absolute Gasteiger partial charge is 0.392 e. The molecule has 5 heteroatoms. The monoisotopic (exact) mass is 629 g/mol. The van der Waals surface area contributed by atoms with Gasteiger partial charge in [-0.1, -0.05) is 194 Å². The molecule has 0 saturated carbocycles. The molecular weight excluding hydrogens is 549 g/mol. The molecule has 0 N–H and O–H groups in total. The van der Waals surface area contributed by atoms with Gasteiger partial charge < -0.3 is 18.3 Å². The molecule has 0 unspecified atom stereocenters. The Hall–Kier alpha value is 0.0569. The number of unbranched alkanes of at least 4 members (excludes halogenated alkanes) is 26. The number of hydrogen-bond donors (Lipinski definition) is 0. The molecule has 43 heavy (non-hydrogen) atoms. The molecule has 0 radical (unpaired) electrons. The van der Waals surface area contributed by atoms with Crippen LogP contribution in [0.3, 0.4) is 0 Å². The second kappa shape index (κ2) is 36.5. The third-order valence-electron chi connectivity index (χ3n) is 9.13. The Morgan fingerprint density at radius 3 is 0.767 bits per heavy atom. The van der Waals surface area contributed by atoms with E-state index < -0.39 is 8.56 Å². The van der Waals surface area contributed by atoms with E-state index >= 15 is 0 Å². The highest BCUT2D eigenvalue weighted by Gasteiger charge is 2.36. The molecule has 0 bridgehead atoms. The van der Waals surface area contributed by atoms with E-state index in [-0.39, 0.29) is 0 Å². The predicted octanol–water partition coefficient (Wildman–Crippen LogP) is 12.7. The van der Waals surface area contributed by atoms with Crippen molar-refractivity contribution in [2.45, 2.75) is 206 Å². The van der Waals surface area contributed by atoms with Gasteiger partial charge >= 0.3 is 8.56 Å². The first-order valence-corrected chi connectivity index (χ1v) is 21.7. The van der Waals surface area contributed by atoms with E-state index in [4.69, 9.17) is 18.3 Å². The Morgan fingerprint density at radius 1 is 0.302 bits per heavy atom. The SMILES string of the molecule is CCCCCCCCCCCCCCCC[Si](CCCCCCCCCCCCCCCC)(OCCOC)OCCOC. The molecule has 0 saturated heterocycles. The van der Waals surface area contributed by atoms with Crippen molar-refractivity contribution < 1.29 is 18.3 Å². The summed E-state index contributed by atoms with van der Waals surface area (Å²) in [6, 6.07) is 2.24. The van der Waals surface area contributed by atoms with Crippen LogP contribution in [0.2, 0.25) is 12.1 Å². The Balaban J connectivity index is 4.17. The van der Waals surface area contributed by atoms with E-state index in [1.807, 2.05) is 0 Å². The highest BCUT2D eigenvalue weighted by atomic mass is 28.4. The average molecular weight is 629 g/mol. The summed E-state index contributed by atoms with van der Waals surface area (Å²) >= 11 is 0. The number of ether oxygens (including phenoxy) is 2. The molecule has 0 fully saturated rings. The van der Waals surface area contributed by atoms with Gasteiger partial charge in [-0.15, -0.1) is 0 Å². The minimum atomic E-state index is -2.24. The molecule has 0 aliphatic heterocycles. The van der Waals surface area contributed by atoms with Crippen molar-refractivity contribution in [2.75, 3.05) is 40.6 Å². The fraction of sp³-hybridized carbons (Fsp3) is 1.00. The maximum absolute atomic E-state index is 6.58. The lowest BCUT2D eigenvalue weighted by molar-refractivity contribution is 0.0849. The highest BCUT2D eigenvalue weighted by molar-refractivity contribution is 6.67. The van der Waals surface area contributed by atoms with Crippen LogP contribution < -0.4 is 0 Å². The molecule has 0 heterocycles. The maximum atomic E-state index is 6.58. The van der Waals surface area contributed by atoms with Gasteiger partial charge in [0, 0.05) is 14.2 Å². The summed E-state index contributed by atoms with van der Waals surface area (Å²) in [5.41, 5.74) is 0. The zero-order valence-corrected chi connectivity index (χ0v) is 31.2. The van der Waals surface area contributed by atoms with Gasteiger partial charge in [-0.05, 0) is 12.1 Å². The zero-order chi connectivity index (χ0) is 31.4. The summed E-state index contributed by atoms with van der Waals surface area (Å²) < 4.78 is 23.8. The molecule has 260 valence electrons. The minimum absolute atomic E-state index is 0.653. The van der Waals surface area contributed by atoms with Crippen LogP contribution in [0.1, 0.15) is 194 Å². The minimum Gasteiger partial charge on any atom is -0.392 e. The molecule has 0 aromatic carbocycles. The molecule has 0 aromatic rings. The van der Waals surface area contributed by atoms with Gasteiger partial charge in [0.25, 0.3) is 0 Å². The van der Waals surface area contributed by atoms with Crippen LogP contribution >= 0.6 is 0 Å². The summed E-state index contributed by atoms with van der Waals surface area (Å²) in [5.74, 6) is 0. The second-order valence-electron chi connectivity index (χ2n) is 13.3. The van der Waals surface area contributed by atoms with Gasteiger partial charge in [0.15, 0.2) is 0 Å². The van der Waals surface area contributed by atoms with Crippen LogP contribution in [-0.4, -0.2) is 49.2 Å². The van der Waals surface area contributed by atoms with Crippen molar-refractivity contribution in [3.63, 3.8) is 0 Å². The normalized spacial score (nSPS) is 12.0. The van der Waals surface area contributed by atoms with Gasteiger partial charge in [-0.2, -0.15) is 0 Å². The van der Waals surface area contributed by atoms with Crippen LogP contribution in [0, 0.1) is 0 Å². The molecule has 0 amide bonds. The van der Waals surface area contributed by atoms with Crippen LogP contribution in [0.5, 0.6) is 0 Å². The quantitative estimate of drug-likeness (QED) is 0.0503. The highest BCUT2D eigenvalue weighted by Crippen LogP contribution is 2.27. The van der Waals surface area contributed by atoms with E-state index in [2.05, 4.69) is 13.8 Å². The van der Waals surface area contributed by atoms with E-state index in [0.29, 0.717) is 26.4 Å². The molecule has 0 spiro atoms. The van der Waals surface area contributed by atoms with E-state index in [1.165, 1.54) is 180 Å². The summed E-state index contributed by atoms with van der Waals surface area (Å²) in [7, 11) is 1.29. The van der Waals surface area contributed by atoms with Gasteiger partial charge in [-0.25, -0.2) is 0 Å². The van der Waals surface area contributed by atoms with Gasteiger partial charge in [-0.3, -0.25) is 0 Å². The lowest BCUT2D eigenvalue weighted by Gasteiger charge is -2.31. The van der Waals surface area contributed by atoms with Crippen molar-refractivity contribution in [3.05, 3.63) is 0 Å². The van der Waals surface area contributed by atoms with E-state index in [0.717, 1.165) is 12.1 Å². The summed E-state index contributed by atoms with van der Waals surface area (Å²) in [4.78, 5) is 0. The Morgan fingerprint density at radius 2 is 0.535 bits per heavy atom. The Bertz CT molecular complexity index is 460. The number of rotatable bonds is 38. The van der Waals surface area contributed by atoms with Crippen molar-refractivity contribution in [1.82, 2.24) is 0 Å². The molecule has 0 aromatic heterocycles. The summed E-state index contributed by atoms with van der Waals surface area (Å²) in [5, 5.41) is 0. The van der Waals surface area contributed by atoms with Crippen LogP contribution in [0.4, 0.5) is 0 Å². The van der Waals surface area contributed by atoms with Gasteiger partial charge in [0.1, 0.15) is 0 Å². The van der Waals surface area contributed by atoms with E-state index in [9.17, 15) is 0 Å². The van der Waals surface area contributed by atoms with Crippen molar-refractivity contribution in [3.8, 4) is 0 Å². The van der Waals surface area contributed by atoms with E-state index in [1.54, 1.807) is 14.2 Å². The standard InChI is InChI=1S/C38H80O4Si/c1-5-7-9-11-13-15-17-19-21-23-25-27-29-31-37-43(41-35-33-39-3,42-36-34-40-4)38-32-30-28-26-24-22-20-18-16-14-12-10-8-6-2/h5-38H2,1-4H3. The predicted molar refractivity (Wildman–Crippen MR) is 192 cm³/mol. The number of methoxy groups -OCH3 is 2.